The Morgan fingerprint density at radius 1 is 1.30 bits per heavy atom. The molecule has 0 unspecified atom stereocenters. The van der Waals surface area contributed by atoms with E-state index >= 15 is 0 Å². The highest BCUT2D eigenvalue weighted by Crippen LogP contribution is 2.10. The molecule has 0 atom stereocenters. The van der Waals surface area contributed by atoms with Crippen LogP contribution in [0.4, 0.5) is 0 Å². The lowest BCUT2D eigenvalue weighted by Gasteiger charge is -2.04. The lowest BCUT2D eigenvalue weighted by Crippen LogP contribution is -2.25. The number of amides is 1. The lowest BCUT2D eigenvalue weighted by atomic mass is 10.2. The van der Waals surface area contributed by atoms with E-state index in [4.69, 9.17) is 5.11 Å². The van der Waals surface area contributed by atoms with Crippen molar-refractivity contribution in [2.45, 2.75) is 13.3 Å². The van der Waals surface area contributed by atoms with Crippen molar-refractivity contribution in [2.24, 2.45) is 0 Å². The average Bonchev–Trinajstić information content (AvgIpc) is 3.11. The summed E-state index contributed by atoms with van der Waals surface area (Å²) in [7, 11) is 0. The molecular weight excluding hydrogens is 316 g/mol. The molecule has 3 heterocycles. The standard InChI is InChI=1S/C15H14N4O3S/c1-9-6-19-7-10(2-3-12(19)17-9)14(20)16-5-4-13-18-11(8-23-13)15(21)22/h2-3,6-8H,4-5H2,1H3,(H,16,20)(H,21,22). The molecule has 0 saturated heterocycles. The van der Waals surface area contributed by atoms with Gasteiger partial charge in [0.25, 0.3) is 5.91 Å². The first-order valence-corrected chi connectivity index (χ1v) is 7.82. The molecule has 0 radical (unpaired) electrons. The van der Waals surface area contributed by atoms with Crippen LogP contribution in [0.1, 0.15) is 31.5 Å². The predicted molar refractivity (Wildman–Crippen MR) is 85.0 cm³/mol. The van der Waals surface area contributed by atoms with Crippen molar-refractivity contribution >= 4 is 28.9 Å². The minimum Gasteiger partial charge on any atom is -0.476 e. The van der Waals surface area contributed by atoms with Crippen molar-refractivity contribution in [1.29, 1.82) is 0 Å². The monoisotopic (exact) mass is 330 g/mol. The van der Waals surface area contributed by atoms with Gasteiger partial charge in [0.05, 0.1) is 16.3 Å². The van der Waals surface area contributed by atoms with Gasteiger partial charge in [0.15, 0.2) is 5.69 Å². The number of aryl methyl sites for hydroxylation is 1. The number of nitrogens with zero attached hydrogens (tertiary/aromatic N) is 3. The summed E-state index contributed by atoms with van der Waals surface area (Å²) >= 11 is 1.27. The first kappa shape index (κ1) is 15.2. The van der Waals surface area contributed by atoms with E-state index in [0.717, 1.165) is 11.3 Å². The van der Waals surface area contributed by atoms with Crippen LogP contribution in [0, 0.1) is 6.92 Å². The van der Waals surface area contributed by atoms with Crippen molar-refractivity contribution < 1.29 is 14.7 Å². The van der Waals surface area contributed by atoms with Gasteiger partial charge in [0.1, 0.15) is 5.65 Å². The van der Waals surface area contributed by atoms with Crippen LogP contribution in [0.15, 0.2) is 29.9 Å². The van der Waals surface area contributed by atoms with Gasteiger partial charge in [0, 0.05) is 30.7 Å². The normalized spacial score (nSPS) is 10.8. The van der Waals surface area contributed by atoms with Crippen LogP contribution >= 0.6 is 11.3 Å². The van der Waals surface area contributed by atoms with E-state index in [2.05, 4.69) is 15.3 Å². The van der Waals surface area contributed by atoms with Gasteiger partial charge in [-0.1, -0.05) is 0 Å². The number of aromatic carboxylic acids is 1. The highest BCUT2D eigenvalue weighted by molar-refractivity contribution is 7.09. The molecule has 23 heavy (non-hydrogen) atoms. The fourth-order valence-electron chi connectivity index (χ4n) is 2.16. The molecule has 0 spiro atoms. The van der Waals surface area contributed by atoms with E-state index in [-0.39, 0.29) is 11.6 Å². The molecule has 118 valence electrons. The Bertz CT molecular complexity index is 884. The first-order valence-electron chi connectivity index (χ1n) is 6.94. The number of rotatable bonds is 5. The van der Waals surface area contributed by atoms with Crippen molar-refractivity contribution in [2.75, 3.05) is 6.54 Å². The van der Waals surface area contributed by atoms with Crippen LogP contribution in [0.25, 0.3) is 5.65 Å². The van der Waals surface area contributed by atoms with Gasteiger partial charge in [0.2, 0.25) is 0 Å². The topological polar surface area (TPSA) is 96.6 Å². The molecule has 0 fully saturated rings. The summed E-state index contributed by atoms with van der Waals surface area (Å²) in [5, 5.41) is 13.8. The van der Waals surface area contributed by atoms with Gasteiger partial charge in [-0.25, -0.2) is 14.8 Å². The Balaban J connectivity index is 1.60. The zero-order chi connectivity index (χ0) is 16.4. The van der Waals surface area contributed by atoms with E-state index in [0.29, 0.717) is 23.5 Å². The second kappa shape index (κ2) is 6.17. The van der Waals surface area contributed by atoms with Gasteiger partial charge in [-0.15, -0.1) is 11.3 Å². The zero-order valence-corrected chi connectivity index (χ0v) is 13.1. The molecule has 7 nitrogen and oxygen atoms in total. The molecule has 0 aliphatic rings. The van der Waals surface area contributed by atoms with Crippen LogP contribution in [0.2, 0.25) is 0 Å². The number of hydrogen-bond acceptors (Lipinski definition) is 5. The summed E-state index contributed by atoms with van der Waals surface area (Å²) in [6.07, 6.45) is 4.09. The number of nitrogens with one attached hydrogen (secondary N) is 1. The maximum atomic E-state index is 12.1. The summed E-state index contributed by atoms with van der Waals surface area (Å²) in [5.74, 6) is -1.23. The zero-order valence-electron chi connectivity index (χ0n) is 12.3. The summed E-state index contributed by atoms with van der Waals surface area (Å²) in [6, 6.07) is 3.52. The molecule has 0 bridgehead atoms. The van der Waals surface area contributed by atoms with Gasteiger partial charge in [-0.05, 0) is 19.1 Å². The van der Waals surface area contributed by atoms with Crippen LogP contribution in [0.3, 0.4) is 0 Å². The van der Waals surface area contributed by atoms with Crippen molar-refractivity contribution in [3.05, 3.63) is 51.9 Å². The fraction of sp³-hybridized carbons (Fsp3) is 0.200. The molecule has 2 N–H and O–H groups in total. The highest BCUT2D eigenvalue weighted by atomic mass is 32.1. The van der Waals surface area contributed by atoms with Crippen LogP contribution in [-0.4, -0.2) is 37.9 Å². The number of carboxylic acid groups (broad SMARTS) is 1. The number of aromatic nitrogens is 3. The van der Waals surface area contributed by atoms with E-state index in [1.165, 1.54) is 16.7 Å². The van der Waals surface area contributed by atoms with Gasteiger partial charge in [-0.3, -0.25) is 4.79 Å². The summed E-state index contributed by atoms with van der Waals surface area (Å²) in [4.78, 5) is 31.2. The van der Waals surface area contributed by atoms with Gasteiger partial charge >= 0.3 is 5.97 Å². The molecule has 0 aliphatic heterocycles. The fourth-order valence-corrected chi connectivity index (χ4v) is 2.93. The lowest BCUT2D eigenvalue weighted by molar-refractivity contribution is 0.0690. The van der Waals surface area contributed by atoms with Gasteiger partial charge in [-0.2, -0.15) is 0 Å². The first-order chi connectivity index (χ1) is 11.0. The van der Waals surface area contributed by atoms with Crippen molar-refractivity contribution in [3.8, 4) is 0 Å². The molecule has 3 rings (SSSR count). The maximum Gasteiger partial charge on any atom is 0.355 e. The Hall–Kier alpha value is -2.74. The number of thiazole rings is 1. The largest absolute Gasteiger partial charge is 0.476 e. The molecule has 3 aromatic rings. The Morgan fingerprint density at radius 2 is 2.13 bits per heavy atom. The van der Waals surface area contributed by atoms with Crippen LogP contribution in [-0.2, 0) is 6.42 Å². The molecule has 0 aromatic carbocycles. The third-order valence-electron chi connectivity index (χ3n) is 3.23. The maximum absolute atomic E-state index is 12.1. The number of carbonyl (C=O) groups is 2. The molecule has 3 aromatic heterocycles. The predicted octanol–water partition coefficient (Wildman–Crippen LogP) is 1.77. The van der Waals surface area contributed by atoms with E-state index < -0.39 is 5.97 Å². The second-order valence-corrected chi connectivity index (χ2v) is 5.95. The number of carboxylic acids is 1. The van der Waals surface area contributed by atoms with E-state index in [9.17, 15) is 9.59 Å². The average molecular weight is 330 g/mol. The Labute approximate surface area is 135 Å². The SMILES string of the molecule is Cc1cn2cc(C(=O)NCCc3nc(C(=O)O)cs3)ccc2n1. The second-order valence-electron chi connectivity index (χ2n) is 5.00. The minimum absolute atomic E-state index is 0.0391. The third kappa shape index (κ3) is 3.37. The smallest absolute Gasteiger partial charge is 0.355 e. The van der Waals surface area contributed by atoms with E-state index in [1.807, 2.05) is 17.5 Å². The van der Waals surface area contributed by atoms with Crippen molar-refractivity contribution in [1.82, 2.24) is 19.7 Å². The number of carbonyl (C=O) groups excluding carboxylic acids is 1. The minimum atomic E-state index is -1.04. The molecular formula is C15H14N4O3S. The van der Waals surface area contributed by atoms with Crippen molar-refractivity contribution in [3.63, 3.8) is 0 Å². The van der Waals surface area contributed by atoms with Crippen LogP contribution in [0.5, 0.6) is 0 Å². The number of pyridine rings is 1. The molecule has 1 amide bonds. The number of fused-ring (bicyclic) bond motifs is 1. The van der Waals surface area contributed by atoms with Crippen LogP contribution < -0.4 is 5.32 Å². The summed E-state index contributed by atoms with van der Waals surface area (Å²) < 4.78 is 1.81. The summed E-state index contributed by atoms with van der Waals surface area (Å²) in [6.45, 7) is 2.29. The summed E-state index contributed by atoms with van der Waals surface area (Å²) in [5.41, 5.74) is 2.26. The molecule has 0 saturated carbocycles. The number of imidazole rings is 1. The quantitative estimate of drug-likeness (QED) is 0.743. The Kier molecular flexibility index (Phi) is 4.07. The molecule has 8 heteroatoms. The Morgan fingerprint density at radius 3 is 2.87 bits per heavy atom. The van der Waals surface area contributed by atoms with Gasteiger partial charge < -0.3 is 14.8 Å². The number of hydrogen-bond donors (Lipinski definition) is 2. The third-order valence-corrected chi connectivity index (χ3v) is 4.14. The highest BCUT2D eigenvalue weighted by Gasteiger charge is 2.10. The van der Waals surface area contributed by atoms with E-state index in [1.54, 1.807) is 18.3 Å². The molecule has 0 aliphatic carbocycles.